The van der Waals surface area contributed by atoms with Crippen molar-refractivity contribution in [3.05, 3.63) is 53.2 Å². The Hall–Kier alpha value is -2.96. The summed E-state index contributed by atoms with van der Waals surface area (Å²) in [6.07, 6.45) is -8.68. The summed E-state index contributed by atoms with van der Waals surface area (Å²) in [4.78, 5) is 7.02. The SMILES string of the molecule is CCC(O)(CC)[C@H](Nc1cc(C(F)(F)F)nc2ncnn12)c1ccc(C(F)(F)F)c(F)c1. The maximum atomic E-state index is 14.2. The van der Waals surface area contributed by atoms with E-state index in [4.69, 9.17) is 0 Å². The molecule has 1 atom stereocenters. The molecule has 174 valence electrons. The second-order valence-corrected chi connectivity index (χ2v) is 7.12. The number of nitrogens with one attached hydrogen (secondary N) is 1. The smallest absolute Gasteiger partial charge is 0.387 e. The molecule has 13 heteroatoms. The first-order valence-corrected chi connectivity index (χ1v) is 9.43. The zero-order valence-corrected chi connectivity index (χ0v) is 16.8. The van der Waals surface area contributed by atoms with Gasteiger partial charge >= 0.3 is 12.4 Å². The highest BCUT2D eigenvalue weighted by molar-refractivity contribution is 5.48. The number of hydrogen-bond acceptors (Lipinski definition) is 5. The van der Waals surface area contributed by atoms with Gasteiger partial charge in [0.25, 0.3) is 5.78 Å². The summed E-state index contributed by atoms with van der Waals surface area (Å²) in [5.41, 5.74) is -4.55. The van der Waals surface area contributed by atoms with E-state index >= 15 is 0 Å². The van der Waals surface area contributed by atoms with Crippen molar-refractivity contribution in [3.8, 4) is 0 Å². The fourth-order valence-electron chi connectivity index (χ4n) is 3.34. The van der Waals surface area contributed by atoms with Crippen molar-refractivity contribution in [3.63, 3.8) is 0 Å². The van der Waals surface area contributed by atoms with Gasteiger partial charge in [0, 0.05) is 6.07 Å². The molecule has 6 nitrogen and oxygen atoms in total. The Morgan fingerprint density at radius 1 is 1.03 bits per heavy atom. The van der Waals surface area contributed by atoms with Crippen LogP contribution < -0.4 is 5.32 Å². The van der Waals surface area contributed by atoms with Crippen molar-refractivity contribution in [2.45, 2.75) is 50.7 Å². The molecule has 3 rings (SSSR count). The normalized spacial score (nSPS) is 14.1. The molecule has 0 amide bonds. The fraction of sp³-hybridized carbons (Fsp3) is 0.421. The third kappa shape index (κ3) is 4.47. The largest absolute Gasteiger partial charge is 0.433 e. The van der Waals surface area contributed by atoms with E-state index < -0.39 is 46.8 Å². The molecule has 0 aliphatic rings. The van der Waals surface area contributed by atoms with E-state index in [9.17, 15) is 35.8 Å². The zero-order chi connectivity index (χ0) is 23.9. The first kappa shape index (κ1) is 23.7. The van der Waals surface area contributed by atoms with Gasteiger partial charge in [0.15, 0.2) is 5.69 Å². The van der Waals surface area contributed by atoms with Gasteiger partial charge in [-0.15, -0.1) is 0 Å². The lowest BCUT2D eigenvalue weighted by molar-refractivity contribution is -0.141. The molecule has 0 aliphatic carbocycles. The highest BCUT2D eigenvalue weighted by Crippen LogP contribution is 2.39. The van der Waals surface area contributed by atoms with Crippen LogP contribution in [0.5, 0.6) is 0 Å². The van der Waals surface area contributed by atoms with Crippen LogP contribution in [0.4, 0.5) is 36.6 Å². The average molecular weight is 465 g/mol. The maximum Gasteiger partial charge on any atom is 0.433 e. The van der Waals surface area contributed by atoms with Crippen molar-refractivity contribution < 1.29 is 35.8 Å². The second kappa shape index (κ2) is 8.19. The van der Waals surface area contributed by atoms with Crippen LogP contribution in [-0.4, -0.2) is 30.3 Å². The predicted octanol–water partition coefficient (Wildman–Crippen LogP) is 5.01. The van der Waals surface area contributed by atoms with E-state index in [1.165, 1.54) is 0 Å². The van der Waals surface area contributed by atoms with Crippen molar-refractivity contribution in [2.24, 2.45) is 0 Å². The summed E-state index contributed by atoms with van der Waals surface area (Å²) in [7, 11) is 0. The Morgan fingerprint density at radius 3 is 2.22 bits per heavy atom. The van der Waals surface area contributed by atoms with Crippen molar-refractivity contribution in [2.75, 3.05) is 5.32 Å². The minimum atomic E-state index is -4.93. The quantitative estimate of drug-likeness (QED) is 0.501. The van der Waals surface area contributed by atoms with Gasteiger partial charge in [-0.25, -0.2) is 9.37 Å². The first-order chi connectivity index (χ1) is 14.8. The number of halogens is 7. The Balaban J connectivity index is 2.16. The maximum absolute atomic E-state index is 14.2. The molecule has 32 heavy (non-hydrogen) atoms. The van der Waals surface area contributed by atoms with Gasteiger partial charge in [0.05, 0.1) is 17.2 Å². The molecular weight excluding hydrogens is 447 g/mol. The van der Waals surface area contributed by atoms with E-state index in [1.54, 1.807) is 13.8 Å². The standard InChI is InChI=1S/C19H18F7N5O/c1-3-17(32,4-2)15(10-5-6-11(12(20)7-10)18(21,22)23)30-14-8-13(19(24,25)26)29-16-27-9-28-31(14)16/h5-9,15,30,32H,3-4H2,1-2H3/t15-/m1/s1. The van der Waals surface area contributed by atoms with Gasteiger partial charge < -0.3 is 10.4 Å². The molecule has 0 aliphatic heterocycles. The molecule has 0 fully saturated rings. The topological polar surface area (TPSA) is 75.3 Å². The van der Waals surface area contributed by atoms with Crippen LogP contribution in [0.25, 0.3) is 5.78 Å². The Morgan fingerprint density at radius 2 is 1.69 bits per heavy atom. The number of aliphatic hydroxyl groups is 1. The highest BCUT2D eigenvalue weighted by atomic mass is 19.4. The summed E-state index contributed by atoms with van der Waals surface area (Å²) in [6.45, 7) is 3.16. The van der Waals surface area contributed by atoms with E-state index in [1.807, 2.05) is 0 Å². The minimum absolute atomic E-state index is 0.0571. The van der Waals surface area contributed by atoms with Crippen molar-refractivity contribution in [1.29, 1.82) is 0 Å². The monoisotopic (exact) mass is 465 g/mol. The number of rotatable bonds is 6. The number of anilines is 1. The molecule has 0 spiro atoms. The average Bonchev–Trinajstić information content (AvgIpc) is 3.18. The number of nitrogens with zero attached hydrogens (tertiary/aromatic N) is 4. The minimum Gasteiger partial charge on any atom is -0.387 e. The Kier molecular flexibility index (Phi) is 6.06. The van der Waals surface area contributed by atoms with Crippen LogP contribution >= 0.6 is 0 Å². The number of aromatic nitrogens is 4. The van der Waals surface area contributed by atoms with Crippen molar-refractivity contribution >= 4 is 11.6 Å². The Bertz CT molecular complexity index is 1110. The molecule has 0 saturated carbocycles. The molecule has 1 aromatic carbocycles. The summed E-state index contributed by atoms with van der Waals surface area (Å²) < 4.78 is 93.9. The first-order valence-electron chi connectivity index (χ1n) is 9.43. The second-order valence-electron chi connectivity index (χ2n) is 7.12. The number of benzene rings is 1. The zero-order valence-electron chi connectivity index (χ0n) is 16.8. The van der Waals surface area contributed by atoms with Gasteiger partial charge in [-0.05, 0) is 30.5 Å². The molecule has 2 heterocycles. The van der Waals surface area contributed by atoms with Crippen LogP contribution in [0.15, 0.2) is 30.6 Å². The molecule has 2 aromatic heterocycles. The van der Waals surface area contributed by atoms with Crippen LogP contribution in [0, 0.1) is 5.82 Å². The molecular formula is C19H18F7N5O. The number of fused-ring (bicyclic) bond motifs is 1. The summed E-state index contributed by atoms with van der Waals surface area (Å²) in [6, 6.07) is 1.42. The van der Waals surface area contributed by atoms with Crippen LogP contribution in [0.1, 0.15) is 49.6 Å². The summed E-state index contributed by atoms with van der Waals surface area (Å²) in [5.74, 6) is -2.25. The van der Waals surface area contributed by atoms with Crippen molar-refractivity contribution in [1.82, 2.24) is 19.6 Å². The lowest BCUT2D eigenvalue weighted by Gasteiger charge is -2.36. The molecule has 0 saturated heterocycles. The van der Waals surface area contributed by atoms with Crippen LogP contribution in [-0.2, 0) is 12.4 Å². The summed E-state index contributed by atoms with van der Waals surface area (Å²) >= 11 is 0. The summed E-state index contributed by atoms with van der Waals surface area (Å²) in [5, 5.41) is 17.6. The highest BCUT2D eigenvalue weighted by Gasteiger charge is 2.39. The van der Waals surface area contributed by atoms with Crippen LogP contribution in [0.2, 0.25) is 0 Å². The predicted molar refractivity (Wildman–Crippen MR) is 99.1 cm³/mol. The molecule has 0 radical (unpaired) electrons. The van der Waals surface area contributed by atoms with Gasteiger partial charge in [-0.1, -0.05) is 19.9 Å². The molecule has 0 bridgehead atoms. The van der Waals surface area contributed by atoms with E-state index in [-0.39, 0.29) is 24.2 Å². The van der Waals surface area contributed by atoms with E-state index in [2.05, 4.69) is 20.4 Å². The van der Waals surface area contributed by atoms with Gasteiger partial charge in [0.2, 0.25) is 0 Å². The van der Waals surface area contributed by atoms with Gasteiger partial charge in [-0.3, -0.25) is 0 Å². The third-order valence-corrected chi connectivity index (χ3v) is 5.23. The number of alkyl halides is 6. The van der Waals surface area contributed by atoms with E-state index in [0.717, 1.165) is 16.9 Å². The lowest BCUT2D eigenvalue weighted by Crippen LogP contribution is -2.40. The third-order valence-electron chi connectivity index (χ3n) is 5.23. The van der Waals surface area contributed by atoms with Gasteiger partial charge in [-0.2, -0.15) is 40.9 Å². The molecule has 0 unspecified atom stereocenters. The molecule has 3 aromatic rings. The Labute approximate surface area is 177 Å². The van der Waals surface area contributed by atoms with Gasteiger partial charge in [0.1, 0.15) is 18.0 Å². The fourth-order valence-corrected chi connectivity index (χ4v) is 3.34. The van der Waals surface area contributed by atoms with Crippen LogP contribution in [0.3, 0.4) is 0 Å². The number of hydrogen-bond donors (Lipinski definition) is 2. The van der Waals surface area contributed by atoms with E-state index in [0.29, 0.717) is 18.2 Å². The molecule has 2 N–H and O–H groups in total. The lowest BCUT2D eigenvalue weighted by atomic mass is 9.83.